The van der Waals surface area contributed by atoms with Crippen molar-refractivity contribution < 1.29 is 23.8 Å². The van der Waals surface area contributed by atoms with Crippen LogP contribution in [0.1, 0.15) is 5.56 Å². The molecule has 1 aromatic carbocycles. The van der Waals surface area contributed by atoms with E-state index in [0.717, 1.165) is 0 Å². The summed E-state index contributed by atoms with van der Waals surface area (Å²) >= 11 is 0. The summed E-state index contributed by atoms with van der Waals surface area (Å²) in [7, 11) is 1.20. The van der Waals surface area contributed by atoms with Crippen molar-refractivity contribution in [1.29, 1.82) is 0 Å². The molecule has 0 aliphatic rings. The number of phenolic OH excluding ortho intramolecular Hbond substituents is 1. The van der Waals surface area contributed by atoms with Crippen LogP contribution < -0.4 is 4.74 Å². The number of methoxy groups -OCH3 is 1. The molecule has 82 valence electrons. The highest BCUT2D eigenvalue weighted by molar-refractivity contribution is 5.70. The third-order valence-electron chi connectivity index (χ3n) is 1.86. The molecule has 1 rings (SSSR count). The topological polar surface area (TPSA) is 55.8 Å². The molecule has 0 saturated carbocycles. The standard InChI is InChI=1S/C10H11FO4/c1-6-3-4-7(9(11)10(6)13)15-5-8(12)14-2/h3-4,13H,5H2,1-2H3. The minimum Gasteiger partial charge on any atom is -0.505 e. The van der Waals surface area contributed by atoms with E-state index in [2.05, 4.69) is 4.74 Å². The van der Waals surface area contributed by atoms with Crippen molar-refractivity contribution >= 4 is 5.97 Å². The summed E-state index contributed by atoms with van der Waals surface area (Å²) < 4.78 is 22.4. The lowest BCUT2D eigenvalue weighted by atomic mass is 10.2. The van der Waals surface area contributed by atoms with Gasteiger partial charge in [0, 0.05) is 0 Å². The fourth-order valence-corrected chi connectivity index (χ4v) is 0.950. The zero-order valence-corrected chi connectivity index (χ0v) is 8.41. The van der Waals surface area contributed by atoms with Gasteiger partial charge in [0.05, 0.1) is 7.11 Å². The molecule has 0 spiro atoms. The van der Waals surface area contributed by atoms with E-state index in [0.29, 0.717) is 5.56 Å². The zero-order chi connectivity index (χ0) is 11.4. The second-order valence-electron chi connectivity index (χ2n) is 2.91. The van der Waals surface area contributed by atoms with E-state index in [1.165, 1.54) is 19.2 Å². The van der Waals surface area contributed by atoms with Gasteiger partial charge in [-0.2, -0.15) is 4.39 Å². The molecule has 0 unspecified atom stereocenters. The van der Waals surface area contributed by atoms with Gasteiger partial charge >= 0.3 is 5.97 Å². The Kier molecular flexibility index (Phi) is 3.49. The average Bonchev–Trinajstić information content (AvgIpc) is 2.24. The summed E-state index contributed by atoms with van der Waals surface area (Å²) in [4.78, 5) is 10.7. The van der Waals surface area contributed by atoms with E-state index in [1.54, 1.807) is 6.92 Å². The van der Waals surface area contributed by atoms with Crippen LogP contribution in [0.15, 0.2) is 12.1 Å². The van der Waals surface area contributed by atoms with Crippen LogP contribution in [0.5, 0.6) is 11.5 Å². The van der Waals surface area contributed by atoms with Crippen molar-refractivity contribution in [3.8, 4) is 11.5 Å². The number of phenols is 1. The van der Waals surface area contributed by atoms with E-state index in [-0.39, 0.29) is 5.75 Å². The number of ether oxygens (including phenoxy) is 2. The van der Waals surface area contributed by atoms with Gasteiger partial charge in [0.2, 0.25) is 5.82 Å². The number of hydrogen-bond acceptors (Lipinski definition) is 4. The minimum atomic E-state index is -0.876. The van der Waals surface area contributed by atoms with Crippen LogP contribution in [-0.2, 0) is 9.53 Å². The molecule has 0 fully saturated rings. The Morgan fingerprint density at radius 1 is 1.53 bits per heavy atom. The summed E-state index contributed by atoms with van der Waals surface area (Å²) in [5.74, 6) is -2.14. The molecule has 0 aliphatic carbocycles. The largest absolute Gasteiger partial charge is 0.505 e. The number of rotatable bonds is 3. The fourth-order valence-electron chi connectivity index (χ4n) is 0.950. The first-order valence-electron chi connectivity index (χ1n) is 4.24. The maximum absolute atomic E-state index is 13.3. The van der Waals surface area contributed by atoms with Gasteiger partial charge in [0.15, 0.2) is 18.1 Å². The number of carbonyl (C=O) groups is 1. The molecule has 0 heterocycles. The van der Waals surface area contributed by atoms with Gasteiger partial charge in [-0.1, -0.05) is 6.07 Å². The molecule has 0 aliphatic heterocycles. The third kappa shape index (κ3) is 2.59. The van der Waals surface area contributed by atoms with Gasteiger partial charge in [-0.15, -0.1) is 0 Å². The van der Waals surface area contributed by atoms with Crippen LogP contribution in [-0.4, -0.2) is 24.8 Å². The number of benzene rings is 1. The molecule has 1 aromatic rings. The number of carbonyl (C=O) groups excluding carboxylic acids is 1. The summed E-state index contributed by atoms with van der Waals surface area (Å²) in [6.45, 7) is 1.17. The Morgan fingerprint density at radius 2 is 2.20 bits per heavy atom. The van der Waals surface area contributed by atoms with E-state index >= 15 is 0 Å². The number of aromatic hydroxyl groups is 1. The van der Waals surface area contributed by atoms with Gasteiger partial charge in [-0.3, -0.25) is 0 Å². The normalized spacial score (nSPS) is 9.80. The fraction of sp³-hybridized carbons (Fsp3) is 0.300. The van der Waals surface area contributed by atoms with Gasteiger partial charge in [0.1, 0.15) is 0 Å². The Hall–Kier alpha value is -1.78. The maximum Gasteiger partial charge on any atom is 0.343 e. The SMILES string of the molecule is COC(=O)COc1ccc(C)c(O)c1F. The van der Waals surface area contributed by atoms with E-state index in [1.807, 2.05) is 0 Å². The lowest BCUT2D eigenvalue weighted by Crippen LogP contribution is -2.13. The molecule has 0 atom stereocenters. The van der Waals surface area contributed by atoms with Gasteiger partial charge in [-0.25, -0.2) is 4.79 Å². The molecule has 0 saturated heterocycles. The van der Waals surface area contributed by atoms with Crippen LogP contribution in [0.2, 0.25) is 0 Å². The number of hydrogen-bond donors (Lipinski definition) is 1. The van der Waals surface area contributed by atoms with Crippen molar-refractivity contribution in [2.24, 2.45) is 0 Å². The highest BCUT2D eigenvalue weighted by atomic mass is 19.1. The number of halogens is 1. The first kappa shape index (κ1) is 11.3. The smallest absolute Gasteiger partial charge is 0.343 e. The molecule has 0 radical (unpaired) electrons. The summed E-state index contributed by atoms with van der Waals surface area (Å²) in [5.41, 5.74) is 0.401. The monoisotopic (exact) mass is 214 g/mol. The molecular weight excluding hydrogens is 203 g/mol. The third-order valence-corrected chi connectivity index (χ3v) is 1.86. The molecule has 15 heavy (non-hydrogen) atoms. The minimum absolute atomic E-state index is 0.177. The van der Waals surface area contributed by atoms with Gasteiger partial charge in [0.25, 0.3) is 0 Å². The quantitative estimate of drug-likeness (QED) is 0.772. The predicted molar refractivity (Wildman–Crippen MR) is 50.3 cm³/mol. The van der Waals surface area contributed by atoms with Crippen LogP contribution in [0, 0.1) is 12.7 Å². The highest BCUT2D eigenvalue weighted by Gasteiger charge is 2.12. The van der Waals surface area contributed by atoms with E-state index in [9.17, 15) is 14.3 Å². The summed E-state index contributed by atoms with van der Waals surface area (Å²) in [6.07, 6.45) is 0. The van der Waals surface area contributed by atoms with Crippen LogP contribution in [0.4, 0.5) is 4.39 Å². The Balaban J connectivity index is 2.78. The number of aryl methyl sites for hydroxylation is 1. The Bertz CT molecular complexity index is 376. The first-order chi connectivity index (χ1) is 7.06. The van der Waals surface area contributed by atoms with Gasteiger partial charge in [-0.05, 0) is 18.6 Å². The van der Waals surface area contributed by atoms with Crippen molar-refractivity contribution in [2.45, 2.75) is 6.92 Å². The Morgan fingerprint density at radius 3 is 2.80 bits per heavy atom. The summed E-state index contributed by atoms with van der Waals surface area (Å²) in [5, 5.41) is 9.24. The molecular formula is C10H11FO4. The second-order valence-corrected chi connectivity index (χ2v) is 2.91. The van der Waals surface area contributed by atoms with Gasteiger partial charge < -0.3 is 14.6 Å². The lowest BCUT2D eigenvalue weighted by molar-refractivity contribution is -0.142. The lowest BCUT2D eigenvalue weighted by Gasteiger charge is -2.08. The van der Waals surface area contributed by atoms with Crippen molar-refractivity contribution in [3.63, 3.8) is 0 Å². The average molecular weight is 214 g/mol. The molecule has 0 bridgehead atoms. The summed E-state index contributed by atoms with van der Waals surface area (Å²) in [6, 6.07) is 2.83. The maximum atomic E-state index is 13.3. The molecule has 0 amide bonds. The highest BCUT2D eigenvalue weighted by Crippen LogP contribution is 2.28. The van der Waals surface area contributed by atoms with E-state index < -0.39 is 24.1 Å². The van der Waals surface area contributed by atoms with Crippen molar-refractivity contribution in [3.05, 3.63) is 23.5 Å². The molecule has 0 aromatic heterocycles. The van der Waals surface area contributed by atoms with Crippen molar-refractivity contribution in [2.75, 3.05) is 13.7 Å². The van der Waals surface area contributed by atoms with Crippen LogP contribution in [0.25, 0.3) is 0 Å². The zero-order valence-electron chi connectivity index (χ0n) is 8.41. The van der Waals surface area contributed by atoms with Crippen LogP contribution >= 0.6 is 0 Å². The molecule has 1 N–H and O–H groups in total. The van der Waals surface area contributed by atoms with Crippen molar-refractivity contribution in [1.82, 2.24) is 0 Å². The second kappa shape index (κ2) is 4.63. The van der Waals surface area contributed by atoms with Crippen LogP contribution in [0.3, 0.4) is 0 Å². The number of esters is 1. The first-order valence-corrected chi connectivity index (χ1v) is 4.24. The molecule has 4 nitrogen and oxygen atoms in total. The molecule has 5 heteroatoms. The predicted octanol–water partition coefficient (Wildman–Crippen LogP) is 1.39. The van der Waals surface area contributed by atoms with E-state index in [4.69, 9.17) is 4.74 Å². The Labute approximate surface area is 86.2 Å².